The third kappa shape index (κ3) is 53.7. The number of carbonyl (C=O) groups excluding carboxylic acids is 2. The van der Waals surface area contributed by atoms with Crippen LogP contribution in [-0.4, -0.2) is 47.4 Å². The number of ether oxygens (including phenoxy) is 1. The summed E-state index contributed by atoms with van der Waals surface area (Å²) < 4.78 is 5.49. The van der Waals surface area contributed by atoms with Gasteiger partial charge in [0.15, 0.2) is 0 Å². The van der Waals surface area contributed by atoms with Crippen LogP contribution in [0, 0.1) is 0 Å². The highest BCUT2D eigenvalue weighted by atomic mass is 16.5. The van der Waals surface area contributed by atoms with Gasteiger partial charge in [0, 0.05) is 12.8 Å². The molecule has 6 nitrogen and oxygen atoms in total. The van der Waals surface area contributed by atoms with E-state index in [-0.39, 0.29) is 18.5 Å². The fourth-order valence-electron chi connectivity index (χ4n) is 9.51. The van der Waals surface area contributed by atoms with Gasteiger partial charge in [0.05, 0.1) is 25.4 Å². The van der Waals surface area contributed by atoms with Gasteiger partial charge in [0.1, 0.15) is 0 Å². The predicted octanol–water partition coefficient (Wildman–Crippen LogP) is 19.0. The Labute approximate surface area is 424 Å². The lowest BCUT2D eigenvalue weighted by Crippen LogP contribution is -2.45. The molecule has 3 N–H and O–H groups in total. The number of unbranched alkanes of at least 4 members (excludes halogenated alkanes) is 44. The number of nitrogens with one attached hydrogen (secondary N) is 1. The first kappa shape index (κ1) is 66.3. The number of hydrogen-bond donors (Lipinski definition) is 3. The monoisotopic (exact) mass is 958 g/mol. The van der Waals surface area contributed by atoms with E-state index in [2.05, 4.69) is 31.3 Å². The number of rotatable bonds is 57. The third-order valence-electron chi connectivity index (χ3n) is 14.2. The first-order valence-electron chi connectivity index (χ1n) is 30.6. The Morgan fingerprint density at radius 3 is 1.04 bits per heavy atom. The normalized spacial score (nSPS) is 12.7. The van der Waals surface area contributed by atoms with Gasteiger partial charge in [0.25, 0.3) is 0 Å². The minimum Gasteiger partial charge on any atom is -0.466 e. The summed E-state index contributed by atoms with van der Waals surface area (Å²) in [6.07, 6.45) is 70.7. The van der Waals surface area contributed by atoms with Crippen LogP contribution in [0.4, 0.5) is 0 Å². The maximum absolute atomic E-state index is 12.5. The molecule has 68 heavy (non-hydrogen) atoms. The molecule has 1 amide bonds. The molecule has 0 aromatic rings. The Morgan fingerprint density at radius 1 is 0.397 bits per heavy atom. The molecule has 6 heteroatoms. The van der Waals surface area contributed by atoms with E-state index >= 15 is 0 Å². The summed E-state index contributed by atoms with van der Waals surface area (Å²) in [5, 5.41) is 23.1. The van der Waals surface area contributed by atoms with E-state index in [1.54, 1.807) is 6.08 Å². The number of esters is 1. The number of allylic oxidation sites excluding steroid dienone is 3. The van der Waals surface area contributed by atoms with Crippen LogP contribution < -0.4 is 5.32 Å². The van der Waals surface area contributed by atoms with Crippen LogP contribution in [0.5, 0.6) is 0 Å². The number of aliphatic hydroxyl groups excluding tert-OH is 2. The summed E-state index contributed by atoms with van der Waals surface area (Å²) in [6.45, 7) is 4.91. The molecule has 0 spiro atoms. The van der Waals surface area contributed by atoms with E-state index in [0.717, 1.165) is 44.9 Å². The number of amides is 1. The molecule has 0 aromatic carbocycles. The smallest absolute Gasteiger partial charge is 0.305 e. The molecule has 2 unspecified atom stereocenters. The van der Waals surface area contributed by atoms with Crippen molar-refractivity contribution in [1.29, 1.82) is 0 Å². The van der Waals surface area contributed by atoms with Gasteiger partial charge in [-0.15, -0.1) is 0 Å². The second-order valence-electron chi connectivity index (χ2n) is 21.0. The average Bonchev–Trinajstić information content (AvgIpc) is 3.34. The molecule has 0 fully saturated rings. The Balaban J connectivity index is 3.40. The molecule has 0 aliphatic carbocycles. The van der Waals surface area contributed by atoms with Crippen LogP contribution in [0.2, 0.25) is 0 Å². The summed E-state index contributed by atoms with van der Waals surface area (Å²) in [6, 6.07) is -0.628. The first-order valence-corrected chi connectivity index (χ1v) is 30.6. The van der Waals surface area contributed by atoms with Gasteiger partial charge < -0.3 is 20.3 Å². The molecule has 0 aliphatic heterocycles. The van der Waals surface area contributed by atoms with Crippen molar-refractivity contribution in [2.45, 2.75) is 347 Å². The molecule has 2 atom stereocenters. The fourth-order valence-corrected chi connectivity index (χ4v) is 9.51. The van der Waals surface area contributed by atoms with Crippen molar-refractivity contribution in [3.05, 3.63) is 24.3 Å². The summed E-state index contributed by atoms with van der Waals surface area (Å²) in [4.78, 5) is 24.5. The van der Waals surface area contributed by atoms with E-state index in [0.29, 0.717) is 19.4 Å². The van der Waals surface area contributed by atoms with Crippen LogP contribution in [0.3, 0.4) is 0 Å². The Hall–Kier alpha value is -1.66. The first-order chi connectivity index (χ1) is 33.5. The van der Waals surface area contributed by atoms with E-state index in [9.17, 15) is 19.8 Å². The molecule has 0 heterocycles. The minimum atomic E-state index is -0.845. The van der Waals surface area contributed by atoms with Gasteiger partial charge >= 0.3 is 5.97 Å². The van der Waals surface area contributed by atoms with Gasteiger partial charge in [-0.25, -0.2) is 0 Å². The zero-order chi connectivity index (χ0) is 49.3. The van der Waals surface area contributed by atoms with Crippen molar-refractivity contribution in [2.24, 2.45) is 0 Å². The number of carbonyl (C=O) groups is 2. The number of aliphatic hydroxyl groups is 2. The highest BCUT2D eigenvalue weighted by Gasteiger charge is 2.18. The van der Waals surface area contributed by atoms with Gasteiger partial charge in [-0.1, -0.05) is 289 Å². The Morgan fingerprint density at radius 2 is 0.691 bits per heavy atom. The zero-order valence-corrected chi connectivity index (χ0v) is 45.9. The van der Waals surface area contributed by atoms with Crippen molar-refractivity contribution < 1.29 is 24.5 Å². The highest BCUT2D eigenvalue weighted by Crippen LogP contribution is 2.17. The van der Waals surface area contributed by atoms with Crippen LogP contribution in [-0.2, 0) is 14.3 Å². The van der Waals surface area contributed by atoms with Gasteiger partial charge in [-0.2, -0.15) is 0 Å². The molecule has 0 rings (SSSR count). The molecule has 0 aliphatic rings. The van der Waals surface area contributed by atoms with Gasteiger partial charge in [0.2, 0.25) is 5.91 Å². The Bertz CT molecular complexity index is 1060. The molecule has 0 saturated carbocycles. The van der Waals surface area contributed by atoms with Gasteiger partial charge in [-0.3, -0.25) is 9.59 Å². The van der Waals surface area contributed by atoms with E-state index in [1.807, 2.05) is 6.08 Å². The maximum atomic E-state index is 12.5. The highest BCUT2D eigenvalue weighted by molar-refractivity contribution is 5.76. The molecular formula is C62H119NO5. The predicted molar refractivity (Wildman–Crippen MR) is 296 cm³/mol. The van der Waals surface area contributed by atoms with E-state index in [1.165, 1.54) is 263 Å². The molecular weight excluding hydrogens is 839 g/mol. The summed E-state index contributed by atoms with van der Waals surface area (Å²) in [5.41, 5.74) is 0. The fraction of sp³-hybridized carbons (Fsp3) is 0.903. The molecule has 0 saturated heterocycles. The summed E-state index contributed by atoms with van der Waals surface area (Å²) >= 11 is 0. The number of hydrogen-bond acceptors (Lipinski definition) is 5. The second-order valence-corrected chi connectivity index (χ2v) is 21.0. The standard InChI is InChI=1S/C62H119NO5/c1-3-5-7-9-11-13-15-17-19-24-28-32-36-40-44-48-52-56-62(67)68-57-53-49-45-41-37-33-29-26-23-21-20-22-25-27-31-35-39-43-47-51-55-61(66)63-59(58-64)60(65)54-50-46-42-38-34-30-18-16-14-12-10-8-6-4-2/h17,19,50,54,59-60,64-65H,3-16,18,20-49,51-53,55-58H2,1-2H3,(H,63,66)/b19-17-,54-50+. The van der Waals surface area contributed by atoms with Crippen LogP contribution in [0.25, 0.3) is 0 Å². The maximum Gasteiger partial charge on any atom is 0.305 e. The average molecular weight is 959 g/mol. The Kier molecular flexibility index (Phi) is 56.5. The van der Waals surface area contributed by atoms with Crippen LogP contribution >= 0.6 is 0 Å². The quantitative estimate of drug-likeness (QED) is 0.0321. The molecule has 0 radical (unpaired) electrons. The summed E-state index contributed by atoms with van der Waals surface area (Å²) in [7, 11) is 0. The topological polar surface area (TPSA) is 95.9 Å². The molecule has 0 aromatic heterocycles. The van der Waals surface area contributed by atoms with Gasteiger partial charge in [-0.05, 0) is 57.8 Å². The third-order valence-corrected chi connectivity index (χ3v) is 14.2. The van der Waals surface area contributed by atoms with Crippen molar-refractivity contribution in [2.75, 3.05) is 13.2 Å². The van der Waals surface area contributed by atoms with Crippen molar-refractivity contribution in [1.82, 2.24) is 5.32 Å². The lowest BCUT2D eigenvalue weighted by molar-refractivity contribution is -0.143. The van der Waals surface area contributed by atoms with Crippen molar-refractivity contribution in [3.8, 4) is 0 Å². The van der Waals surface area contributed by atoms with Crippen molar-refractivity contribution >= 4 is 11.9 Å². The summed E-state index contributed by atoms with van der Waals surface area (Å²) in [5.74, 6) is -0.0618. The van der Waals surface area contributed by atoms with Crippen LogP contribution in [0.15, 0.2) is 24.3 Å². The molecule has 0 bridgehead atoms. The second kappa shape index (κ2) is 57.9. The van der Waals surface area contributed by atoms with Crippen LogP contribution in [0.1, 0.15) is 335 Å². The minimum absolute atomic E-state index is 0.00689. The molecule has 402 valence electrons. The SMILES string of the molecule is CCCCCCCC/C=C\CCCCCCCCCC(=O)OCCCCCCCCCCCCCCCCCCCCCCC(=O)NC(CO)C(O)/C=C/CCCCCCCCCCCCCC. The van der Waals surface area contributed by atoms with E-state index < -0.39 is 12.1 Å². The van der Waals surface area contributed by atoms with E-state index in [4.69, 9.17) is 4.74 Å². The largest absolute Gasteiger partial charge is 0.466 e. The van der Waals surface area contributed by atoms with Crippen molar-refractivity contribution in [3.63, 3.8) is 0 Å². The lowest BCUT2D eigenvalue weighted by Gasteiger charge is -2.20. The lowest BCUT2D eigenvalue weighted by atomic mass is 10.0. The zero-order valence-electron chi connectivity index (χ0n) is 45.9.